The first-order valence-corrected chi connectivity index (χ1v) is 9.27. The molecule has 0 aliphatic carbocycles. The zero-order chi connectivity index (χ0) is 19.5. The van der Waals surface area contributed by atoms with Gasteiger partial charge in [0, 0.05) is 27.7 Å². The van der Waals surface area contributed by atoms with Crippen LogP contribution in [0.3, 0.4) is 0 Å². The number of carbonyl (C=O) groups excluding carboxylic acids is 1. The third kappa shape index (κ3) is 3.64. The molecule has 5 heteroatoms. The minimum atomic E-state index is -0.518. The number of ether oxygens (including phenoxy) is 1. The summed E-state index contributed by atoms with van der Waals surface area (Å²) in [4.78, 5) is 12.9. The third-order valence-electron chi connectivity index (χ3n) is 4.57. The number of carbonyl (C=O) groups is 1. The van der Waals surface area contributed by atoms with Crippen molar-refractivity contribution in [2.75, 3.05) is 6.61 Å². The molecule has 3 aromatic carbocycles. The van der Waals surface area contributed by atoms with Gasteiger partial charge in [-0.3, -0.25) is 4.79 Å². The molecule has 0 radical (unpaired) electrons. The van der Waals surface area contributed by atoms with Crippen molar-refractivity contribution in [1.82, 2.24) is 4.57 Å². The fourth-order valence-electron chi connectivity index (χ4n) is 3.20. The lowest BCUT2D eigenvalue weighted by atomic mass is 10.0. The highest BCUT2D eigenvalue weighted by atomic mass is 35.5. The third-order valence-corrected chi connectivity index (χ3v) is 4.82. The summed E-state index contributed by atoms with van der Waals surface area (Å²) in [5.74, 6) is -0.120. The molecule has 0 saturated heterocycles. The minimum absolute atomic E-state index is 0.0721. The number of halogens is 2. The van der Waals surface area contributed by atoms with E-state index in [0.717, 1.165) is 16.7 Å². The molecule has 0 bridgehead atoms. The van der Waals surface area contributed by atoms with Crippen molar-refractivity contribution in [3.05, 3.63) is 101 Å². The van der Waals surface area contributed by atoms with E-state index in [1.54, 1.807) is 30.5 Å². The van der Waals surface area contributed by atoms with Gasteiger partial charge in [-0.1, -0.05) is 41.9 Å². The van der Waals surface area contributed by atoms with Crippen molar-refractivity contribution >= 4 is 28.3 Å². The van der Waals surface area contributed by atoms with Gasteiger partial charge in [-0.15, -0.1) is 0 Å². The SMILES string of the molecule is O=C(c1ccccc1F)c1cn(CCOc2ccc(Cl)cc2)c2ccccc12. The molecule has 0 fully saturated rings. The first-order valence-electron chi connectivity index (χ1n) is 8.89. The van der Waals surface area contributed by atoms with E-state index in [-0.39, 0.29) is 11.3 Å². The molecular formula is C23H17ClFNO2. The normalized spacial score (nSPS) is 10.9. The number of rotatable bonds is 6. The highest BCUT2D eigenvalue weighted by Crippen LogP contribution is 2.25. The molecule has 0 spiro atoms. The fourth-order valence-corrected chi connectivity index (χ4v) is 3.32. The molecule has 1 heterocycles. The summed E-state index contributed by atoms with van der Waals surface area (Å²) in [7, 11) is 0. The van der Waals surface area contributed by atoms with Gasteiger partial charge >= 0.3 is 0 Å². The maximum absolute atomic E-state index is 14.1. The molecule has 3 nitrogen and oxygen atoms in total. The summed E-state index contributed by atoms with van der Waals surface area (Å²) in [5.41, 5.74) is 1.46. The Labute approximate surface area is 166 Å². The lowest BCUT2D eigenvalue weighted by Crippen LogP contribution is -2.07. The Morgan fingerprint density at radius 3 is 2.43 bits per heavy atom. The number of aromatic nitrogens is 1. The summed E-state index contributed by atoms with van der Waals surface area (Å²) in [6, 6.07) is 20.8. The van der Waals surface area contributed by atoms with Crippen molar-refractivity contribution < 1.29 is 13.9 Å². The van der Waals surface area contributed by atoms with Crippen molar-refractivity contribution in [1.29, 1.82) is 0 Å². The Kier molecular flexibility index (Phi) is 5.13. The summed E-state index contributed by atoms with van der Waals surface area (Å²) >= 11 is 5.88. The highest BCUT2D eigenvalue weighted by molar-refractivity contribution is 6.30. The lowest BCUT2D eigenvalue weighted by molar-refractivity contribution is 0.103. The van der Waals surface area contributed by atoms with E-state index < -0.39 is 5.82 Å². The Balaban J connectivity index is 1.60. The van der Waals surface area contributed by atoms with Gasteiger partial charge < -0.3 is 9.30 Å². The second kappa shape index (κ2) is 7.87. The second-order valence-electron chi connectivity index (χ2n) is 6.36. The van der Waals surface area contributed by atoms with Crippen LogP contribution in [0.4, 0.5) is 4.39 Å². The van der Waals surface area contributed by atoms with Crippen LogP contribution in [0.2, 0.25) is 5.02 Å². The molecule has 0 saturated carbocycles. The maximum atomic E-state index is 14.1. The summed E-state index contributed by atoms with van der Waals surface area (Å²) in [6.07, 6.45) is 1.77. The Morgan fingerprint density at radius 2 is 1.64 bits per heavy atom. The predicted octanol–water partition coefficient (Wildman–Crippen LogP) is 5.74. The summed E-state index contributed by atoms with van der Waals surface area (Å²) < 4.78 is 21.8. The molecule has 0 aliphatic heterocycles. The van der Waals surface area contributed by atoms with Gasteiger partial charge in [-0.2, -0.15) is 0 Å². The first kappa shape index (κ1) is 18.3. The molecule has 0 amide bonds. The average Bonchev–Trinajstić information content (AvgIpc) is 3.08. The molecule has 0 N–H and O–H groups in total. The standard InChI is InChI=1S/C23H17ClFNO2/c24-16-9-11-17(12-10-16)28-14-13-26-15-20(18-5-2-4-8-22(18)26)23(27)19-6-1-3-7-21(19)25/h1-12,15H,13-14H2. The highest BCUT2D eigenvalue weighted by Gasteiger charge is 2.19. The number of ketones is 1. The van der Waals surface area contributed by atoms with Crippen LogP contribution in [0.1, 0.15) is 15.9 Å². The number of hydrogen-bond donors (Lipinski definition) is 0. The Morgan fingerprint density at radius 1 is 0.929 bits per heavy atom. The van der Waals surface area contributed by atoms with E-state index in [2.05, 4.69) is 0 Å². The van der Waals surface area contributed by atoms with Crippen molar-refractivity contribution in [3.8, 4) is 5.75 Å². The number of fused-ring (bicyclic) bond motifs is 1. The number of nitrogens with zero attached hydrogens (tertiary/aromatic N) is 1. The molecular weight excluding hydrogens is 377 g/mol. The quantitative estimate of drug-likeness (QED) is 0.391. The van der Waals surface area contributed by atoms with Crippen LogP contribution >= 0.6 is 11.6 Å². The molecule has 28 heavy (non-hydrogen) atoms. The second-order valence-corrected chi connectivity index (χ2v) is 6.80. The molecule has 1 aromatic heterocycles. The van der Waals surface area contributed by atoms with Gasteiger partial charge in [0.25, 0.3) is 0 Å². The number of hydrogen-bond acceptors (Lipinski definition) is 2. The van der Waals surface area contributed by atoms with Gasteiger partial charge in [-0.25, -0.2) is 4.39 Å². The van der Waals surface area contributed by atoms with E-state index in [1.165, 1.54) is 12.1 Å². The van der Waals surface area contributed by atoms with E-state index in [4.69, 9.17) is 16.3 Å². The van der Waals surface area contributed by atoms with Crippen LogP contribution in [0, 0.1) is 5.82 Å². The van der Waals surface area contributed by atoms with E-state index in [1.807, 2.05) is 41.0 Å². The largest absolute Gasteiger partial charge is 0.492 e. The molecule has 0 unspecified atom stereocenters. The molecule has 4 aromatic rings. The van der Waals surface area contributed by atoms with Crippen LogP contribution in [0.25, 0.3) is 10.9 Å². The van der Waals surface area contributed by atoms with Crippen LogP contribution in [-0.2, 0) is 6.54 Å². The van der Waals surface area contributed by atoms with Crippen LogP contribution in [0.15, 0.2) is 79.0 Å². The zero-order valence-corrected chi connectivity index (χ0v) is 15.7. The van der Waals surface area contributed by atoms with Gasteiger partial charge in [0.05, 0.1) is 12.1 Å². The van der Waals surface area contributed by atoms with Gasteiger partial charge in [0.2, 0.25) is 0 Å². The predicted molar refractivity (Wildman–Crippen MR) is 109 cm³/mol. The lowest BCUT2D eigenvalue weighted by Gasteiger charge is -2.08. The number of benzene rings is 3. The minimum Gasteiger partial charge on any atom is -0.492 e. The fraction of sp³-hybridized carbons (Fsp3) is 0.0870. The van der Waals surface area contributed by atoms with Crippen LogP contribution in [0.5, 0.6) is 5.75 Å². The van der Waals surface area contributed by atoms with Crippen molar-refractivity contribution in [2.45, 2.75) is 6.54 Å². The van der Waals surface area contributed by atoms with Gasteiger partial charge in [0.1, 0.15) is 18.2 Å². The molecule has 4 rings (SSSR count). The maximum Gasteiger partial charge on any atom is 0.198 e. The Hall–Kier alpha value is -3.11. The topological polar surface area (TPSA) is 31.2 Å². The van der Waals surface area contributed by atoms with Gasteiger partial charge in [0.15, 0.2) is 5.78 Å². The molecule has 140 valence electrons. The van der Waals surface area contributed by atoms with Crippen molar-refractivity contribution in [2.24, 2.45) is 0 Å². The first-order chi connectivity index (χ1) is 13.6. The smallest absolute Gasteiger partial charge is 0.198 e. The van der Waals surface area contributed by atoms with E-state index in [0.29, 0.717) is 23.7 Å². The monoisotopic (exact) mass is 393 g/mol. The average molecular weight is 394 g/mol. The molecule has 0 aliphatic rings. The van der Waals surface area contributed by atoms with Crippen LogP contribution < -0.4 is 4.74 Å². The molecule has 0 atom stereocenters. The zero-order valence-electron chi connectivity index (χ0n) is 14.9. The summed E-state index contributed by atoms with van der Waals surface area (Å²) in [5, 5.41) is 1.45. The Bertz CT molecular complexity index is 1140. The van der Waals surface area contributed by atoms with Crippen molar-refractivity contribution in [3.63, 3.8) is 0 Å². The summed E-state index contributed by atoms with van der Waals surface area (Å²) in [6.45, 7) is 0.974. The number of para-hydroxylation sites is 1. The van der Waals surface area contributed by atoms with E-state index in [9.17, 15) is 9.18 Å². The van der Waals surface area contributed by atoms with E-state index >= 15 is 0 Å². The van der Waals surface area contributed by atoms with Crippen LogP contribution in [-0.4, -0.2) is 17.0 Å². The van der Waals surface area contributed by atoms with Gasteiger partial charge in [-0.05, 0) is 42.5 Å².